The zero-order valence-electron chi connectivity index (χ0n) is 16.1. The van der Waals surface area contributed by atoms with Crippen LogP contribution in [-0.2, 0) is 4.79 Å². The van der Waals surface area contributed by atoms with E-state index in [1.165, 1.54) is 16.4 Å². The molecule has 28 heavy (non-hydrogen) atoms. The SMILES string of the molecule is CCCCNc1nc(SCCC)nc2c1nnn2[C@@H]1C[C@H](C(N)=O)[C@@H](O)[C@H]1O. The molecule has 0 radical (unpaired) electrons. The van der Waals surface area contributed by atoms with Gasteiger partial charge in [0.2, 0.25) is 5.91 Å². The highest BCUT2D eigenvalue weighted by Gasteiger charge is 2.46. The number of rotatable bonds is 9. The number of nitrogens with two attached hydrogens (primary N) is 1. The van der Waals surface area contributed by atoms with Gasteiger partial charge < -0.3 is 21.3 Å². The minimum absolute atomic E-state index is 0.177. The highest BCUT2D eigenvalue weighted by Crippen LogP contribution is 2.37. The summed E-state index contributed by atoms with van der Waals surface area (Å²) in [5, 5.41) is 32.9. The first kappa shape index (κ1) is 20.7. The van der Waals surface area contributed by atoms with Crippen molar-refractivity contribution in [3.8, 4) is 0 Å². The summed E-state index contributed by atoms with van der Waals surface area (Å²) < 4.78 is 1.48. The van der Waals surface area contributed by atoms with Crippen molar-refractivity contribution in [1.82, 2.24) is 25.0 Å². The Labute approximate surface area is 167 Å². The number of primary amides is 1. The molecular weight excluding hydrogens is 382 g/mol. The fraction of sp³-hybridized carbons (Fsp3) is 0.706. The number of nitrogens with one attached hydrogen (secondary N) is 1. The van der Waals surface area contributed by atoms with Gasteiger partial charge in [0.25, 0.3) is 0 Å². The zero-order chi connectivity index (χ0) is 20.3. The molecule has 11 heteroatoms. The Balaban J connectivity index is 1.99. The van der Waals surface area contributed by atoms with Crippen LogP contribution in [0.1, 0.15) is 45.6 Å². The molecule has 2 aromatic heterocycles. The highest BCUT2D eigenvalue weighted by molar-refractivity contribution is 7.99. The van der Waals surface area contributed by atoms with Crippen molar-refractivity contribution in [3.63, 3.8) is 0 Å². The number of aliphatic hydroxyl groups is 2. The summed E-state index contributed by atoms with van der Waals surface area (Å²) in [4.78, 5) is 20.7. The van der Waals surface area contributed by atoms with Crippen LogP contribution >= 0.6 is 11.8 Å². The largest absolute Gasteiger partial charge is 0.390 e. The lowest BCUT2D eigenvalue weighted by atomic mass is 10.1. The molecule has 0 bridgehead atoms. The molecule has 4 atom stereocenters. The molecule has 3 rings (SSSR count). The summed E-state index contributed by atoms with van der Waals surface area (Å²) in [6.07, 6.45) is 0.781. The summed E-state index contributed by atoms with van der Waals surface area (Å²) in [6.45, 7) is 4.94. The number of unbranched alkanes of at least 4 members (excludes halogenated alkanes) is 1. The van der Waals surface area contributed by atoms with E-state index in [2.05, 4.69) is 39.4 Å². The first-order valence-corrected chi connectivity index (χ1v) is 10.6. The van der Waals surface area contributed by atoms with Crippen molar-refractivity contribution in [2.75, 3.05) is 17.6 Å². The first-order chi connectivity index (χ1) is 13.5. The summed E-state index contributed by atoms with van der Waals surface area (Å²) >= 11 is 1.53. The average molecular weight is 410 g/mol. The molecule has 0 unspecified atom stereocenters. The molecule has 1 aliphatic rings. The van der Waals surface area contributed by atoms with Gasteiger partial charge in [0, 0.05) is 12.3 Å². The van der Waals surface area contributed by atoms with E-state index < -0.39 is 30.1 Å². The van der Waals surface area contributed by atoms with Crippen LogP contribution in [0.3, 0.4) is 0 Å². The third-order valence-corrected chi connectivity index (χ3v) is 5.95. The number of hydrogen-bond acceptors (Lipinski definition) is 9. The van der Waals surface area contributed by atoms with E-state index in [1.807, 2.05) is 0 Å². The topological polar surface area (TPSA) is 152 Å². The van der Waals surface area contributed by atoms with Crippen LogP contribution in [0.25, 0.3) is 11.2 Å². The number of fused-ring (bicyclic) bond motifs is 1. The van der Waals surface area contributed by atoms with Gasteiger partial charge in [0.15, 0.2) is 22.1 Å². The third-order valence-electron chi connectivity index (χ3n) is 4.89. The van der Waals surface area contributed by atoms with Crippen LogP contribution in [0, 0.1) is 5.92 Å². The van der Waals surface area contributed by atoms with Crippen LogP contribution in [-0.4, -0.2) is 65.6 Å². The monoisotopic (exact) mass is 409 g/mol. The predicted octanol–water partition coefficient (Wildman–Crippen LogP) is 0.703. The molecule has 2 aromatic rings. The maximum absolute atomic E-state index is 11.6. The molecule has 5 N–H and O–H groups in total. The number of nitrogens with zero attached hydrogens (tertiary/aromatic N) is 5. The summed E-state index contributed by atoms with van der Waals surface area (Å²) in [5.41, 5.74) is 6.32. The lowest BCUT2D eigenvalue weighted by molar-refractivity contribution is -0.125. The Hall–Kier alpha value is -1.98. The Morgan fingerprint density at radius 1 is 1.29 bits per heavy atom. The van der Waals surface area contributed by atoms with Crippen LogP contribution in [0.15, 0.2) is 5.16 Å². The Bertz CT molecular complexity index is 830. The van der Waals surface area contributed by atoms with Gasteiger partial charge in [-0.05, 0) is 19.3 Å². The quantitative estimate of drug-likeness (QED) is 0.266. The molecule has 1 amide bonds. The number of anilines is 1. The maximum atomic E-state index is 11.6. The van der Waals surface area contributed by atoms with Crippen LogP contribution < -0.4 is 11.1 Å². The fourth-order valence-electron chi connectivity index (χ4n) is 3.33. The van der Waals surface area contributed by atoms with Gasteiger partial charge in [0.1, 0.15) is 6.10 Å². The minimum atomic E-state index is -1.24. The summed E-state index contributed by atoms with van der Waals surface area (Å²) in [7, 11) is 0. The van der Waals surface area contributed by atoms with Crippen molar-refractivity contribution in [3.05, 3.63) is 0 Å². The van der Waals surface area contributed by atoms with Crippen LogP contribution in [0.2, 0.25) is 0 Å². The van der Waals surface area contributed by atoms with E-state index >= 15 is 0 Å². The van der Waals surface area contributed by atoms with Gasteiger partial charge >= 0.3 is 0 Å². The van der Waals surface area contributed by atoms with Crippen LogP contribution in [0.5, 0.6) is 0 Å². The van der Waals surface area contributed by atoms with Crippen molar-refractivity contribution in [2.45, 2.75) is 62.9 Å². The summed E-state index contributed by atoms with van der Waals surface area (Å²) in [5.74, 6) is -0.00938. The summed E-state index contributed by atoms with van der Waals surface area (Å²) in [6, 6.07) is -0.639. The molecule has 10 nitrogen and oxygen atoms in total. The molecule has 0 aromatic carbocycles. The lowest BCUT2D eigenvalue weighted by Crippen LogP contribution is -2.35. The normalized spacial score (nSPS) is 24.7. The smallest absolute Gasteiger partial charge is 0.223 e. The zero-order valence-corrected chi connectivity index (χ0v) is 16.9. The fourth-order valence-corrected chi connectivity index (χ4v) is 4.03. The highest BCUT2D eigenvalue weighted by atomic mass is 32.2. The molecule has 1 aliphatic carbocycles. The van der Waals surface area contributed by atoms with Gasteiger partial charge in [-0.1, -0.05) is 37.2 Å². The molecule has 2 heterocycles. The predicted molar refractivity (Wildman–Crippen MR) is 106 cm³/mol. The van der Waals surface area contributed by atoms with E-state index in [1.54, 1.807) is 0 Å². The number of carbonyl (C=O) groups is 1. The van der Waals surface area contributed by atoms with Gasteiger partial charge in [0.05, 0.1) is 18.1 Å². The number of aliphatic hydroxyl groups excluding tert-OH is 2. The van der Waals surface area contributed by atoms with Crippen LogP contribution in [0.4, 0.5) is 5.82 Å². The Kier molecular flexibility index (Phi) is 6.68. The number of amides is 1. The standard InChI is InChI=1S/C17H27N7O3S/c1-3-5-6-19-15-11-16(21-17(20-15)28-7-4-2)24(23-22-11)10-8-9(14(18)27)12(25)13(10)26/h9-10,12-13,25-26H,3-8H2,1-2H3,(H2,18,27)(H,19,20,21)/t9-,10+,12+,13-/m0/s1. The van der Waals surface area contributed by atoms with E-state index in [0.717, 1.165) is 31.6 Å². The van der Waals surface area contributed by atoms with E-state index in [4.69, 9.17) is 5.73 Å². The van der Waals surface area contributed by atoms with Gasteiger partial charge in [-0.3, -0.25) is 4.79 Å². The van der Waals surface area contributed by atoms with E-state index in [-0.39, 0.29) is 6.42 Å². The number of hydrogen-bond donors (Lipinski definition) is 4. The molecule has 1 saturated carbocycles. The van der Waals surface area contributed by atoms with Gasteiger partial charge in [-0.15, -0.1) is 5.10 Å². The molecule has 0 spiro atoms. The molecule has 0 aliphatic heterocycles. The van der Waals surface area contributed by atoms with Crippen molar-refractivity contribution >= 4 is 34.7 Å². The Morgan fingerprint density at radius 3 is 2.71 bits per heavy atom. The third kappa shape index (κ3) is 4.06. The lowest BCUT2D eigenvalue weighted by Gasteiger charge is -2.16. The first-order valence-electron chi connectivity index (χ1n) is 9.62. The second-order valence-electron chi connectivity index (χ2n) is 6.98. The van der Waals surface area contributed by atoms with Crippen molar-refractivity contribution < 1.29 is 15.0 Å². The Morgan fingerprint density at radius 2 is 2.07 bits per heavy atom. The molecular formula is C17H27N7O3S. The van der Waals surface area contributed by atoms with Crippen molar-refractivity contribution in [2.24, 2.45) is 11.7 Å². The van der Waals surface area contributed by atoms with E-state index in [0.29, 0.717) is 22.1 Å². The number of aromatic nitrogens is 5. The molecule has 154 valence electrons. The second-order valence-corrected chi connectivity index (χ2v) is 8.04. The molecule has 0 saturated heterocycles. The van der Waals surface area contributed by atoms with E-state index in [9.17, 15) is 15.0 Å². The number of carbonyl (C=O) groups excluding carboxylic acids is 1. The van der Waals surface area contributed by atoms with Gasteiger partial charge in [-0.25, -0.2) is 14.6 Å². The van der Waals surface area contributed by atoms with Crippen molar-refractivity contribution in [1.29, 1.82) is 0 Å². The maximum Gasteiger partial charge on any atom is 0.223 e. The molecule has 1 fully saturated rings. The second kappa shape index (κ2) is 9.01. The number of thioether (sulfide) groups is 1. The van der Waals surface area contributed by atoms with Gasteiger partial charge in [-0.2, -0.15) is 0 Å². The minimum Gasteiger partial charge on any atom is -0.390 e. The average Bonchev–Trinajstić information content (AvgIpc) is 3.22.